The molecular formula is C9H10O2. The van der Waals surface area contributed by atoms with E-state index in [0.29, 0.717) is 18.4 Å². The summed E-state index contributed by atoms with van der Waals surface area (Å²) in [6.45, 7) is 1.26. The Morgan fingerprint density at radius 2 is 2.64 bits per heavy atom. The van der Waals surface area contributed by atoms with E-state index in [1.54, 1.807) is 12.1 Å². The average Bonchev–Trinajstić information content (AvgIpc) is 2.86. The van der Waals surface area contributed by atoms with Gasteiger partial charge in [0.2, 0.25) is 0 Å². The predicted molar refractivity (Wildman–Crippen MR) is 41.7 cm³/mol. The molecule has 1 unspecified atom stereocenters. The van der Waals surface area contributed by atoms with Gasteiger partial charge in [-0.15, -0.1) is 0 Å². The molecule has 0 aliphatic carbocycles. The highest BCUT2D eigenvalue weighted by atomic mass is 16.6. The monoisotopic (exact) mass is 152 g/mol. The molecule has 11 heavy (non-hydrogen) atoms. The molecule has 2 heteroatoms. The van der Waals surface area contributed by atoms with E-state index >= 15 is 0 Å². The summed E-state index contributed by atoms with van der Waals surface area (Å²) in [7, 11) is 0. The van der Waals surface area contributed by atoms with Crippen molar-refractivity contribution in [3.8, 4) is 5.75 Å². The van der Waals surface area contributed by atoms with Gasteiger partial charge >= 0.3 is 0 Å². The van der Waals surface area contributed by atoms with Crippen molar-refractivity contribution >= 4 is 0 Å². The summed E-state index contributed by atoms with van der Waals surface area (Å²) in [4.78, 5) is 0. The van der Waals surface area contributed by atoms with Crippen LogP contribution in [0.2, 0.25) is 0 Å². The Morgan fingerprint density at radius 3 is 3.36 bits per heavy atom. The van der Waals surface area contributed by atoms with E-state index in [1.807, 2.05) is 0 Å². The van der Waals surface area contributed by atoms with Gasteiger partial charge in [-0.1, -0.05) is 18.2 Å². The minimum absolute atomic E-state index is 0.204. The third-order valence-electron chi connectivity index (χ3n) is 1.46. The summed E-state index contributed by atoms with van der Waals surface area (Å²) in [6, 6.07) is 5.31. The summed E-state index contributed by atoms with van der Waals surface area (Å²) in [5.74, 6) is 0.520. The van der Waals surface area contributed by atoms with Gasteiger partial charge in [0.25, 0.3) is 0 Å². The van der Waals surface area contributed by atoms with E-state index in [1.165, 1.54) is 6.07 Å². The van der Waals surface area contributed by atoms with Crippen molar-refractivity contribution in [2.75, 3.05) is 13.2 Å². The summed E-state index contributed by atoms with van der Waals surface area (Å²) < 4.78 is 25.0. The van der Waals surface area contributed by atoms with Crippen LogP contribution in [0, 0.1) is 0 Å². The Bertz CT molecular complexity index is 310. The first-order valence-electron chi connectivity index (χ1n) is 4.57. The van der Waals surface area contributed by atoms with E-state index in [2.05, 4.69) is 0 Å². The van der Waals surface area contributed by atoms with Crippen LogP contribution < -0.4 is 4.74 Å². The molecule has 1 heterocycles. The van der Waals surface area contributed by atoms with Crippen LogP contribution in [0.25, 0.3) is 0 Å². The van der Waals surface area contributed by atoms with Crippen molar-refractivity contribution in [2.24, 2.45) is 0 Å². The maximum atomic E-state index is 7.49. The summed E-state index contributed by atoms with van der Waals surface area (Å²) in [5, 5.41) is 0. The van der Waals surface area contributed by atoms with Gasteiger partial charge in [-0.2, -0.15) is 0 Å². The van der Waals surface area contributed by atoms with E-state index in [9.17, 15) is 0 Å². The van der Waals surface area contributed by atoms with Crippen LogP contribution in [0.1, 0.15) is 2.74 Å². The van der Waals surface area contributed by atoms with Crippen LogP contribution in [-0.4, -0.2) is 19.3 Å². The predicted octanol–water partition coefficient (Wildman–Crippen LogP) is 1.46. The Labute approximate surface area is 68.6 Å². The lowest BCUT2D eigenvalue weighted by molar-refractivity contribution is 0.263. The first kappa shape index (κ1) is 4.78. The third-order valence-corrected chi connectivity index (χ3v) is 1.46. The van der Waals surface area contributed by atoms with Crippen molar-refractivity contribution in [1.82, 2.24) is 0 Å². The average molecular weight is 152 g/mol. The highest BCUT2D eigenvalue weighted by Gasteiger charge is 2.22. The number of benzene rings is 1. The van der Waals surface area contributed by atoms with Crippen LogP contribution in [0.15, 0.2) is 30.3 Å². The van der Waals surface area contributed by atoms with Crippen LogP contribution >= 0.6 is 0 Å². The van der Waals surface area contributed by atoms with Gasteiger partial charge in [0.05, 0.1) is 9.35 Å². The highest BCUT2D eigenvalue weighted by Crippen LogP contribution is 2.13. The molecule has 0 saturated carbocycles. The van der Waals surface area contributed by atoms with Crippen molar-refractivity contribution in [3.05, 3.63) is 30.3 Å². The van der Waals surface area contributed by atoms with Gasteiger partial charge in [0.1, 0.15) is 18.5 Å². The molecule has 0 N–H and O–H groups in total. The number of epoxide rings is 1. The fourth-order valence-corrected chi connectivity index (χ4v) is 0.770. The first-order chi connectivity index (χ1) is 6.25. The largest absolute Gasteiger partial charge is 0.491 e. The number of rotatable bonds is 3. The summed E-state index contributed by atoms with van der Waals surface area (Å²) >= 11 is 0. The van der Waals surface area contributed by atoms with E-state index in [-0.39, 0.29) is 12.1 Å². The second-order valence-electron chi connectivity index (χ2n) is 2.42. The molecule has 0 amide bonds. The van der Waals surface area contributed by atoms with Crippen LogP contribution in [-0.2, 0) is 4.74 Å². The quantitative estimate of drug-likeness (QED) is 0.612. The number of hydrogen-bond donors (Lipinski definition) is 0. The van der Waals surface area contributed by atoms with Gasteiger partial charge in [-0.25, -0.2) is 0 Å². The second kappa shape index (κ2) is 2.93. The maximum Gasteiger partial charge on any atom is 0.119 e. The number of ether oxygens (including phenoxy) is 2. The topological polar surface area (TPSA) is 21.8 Å². The molecule has 1 aromatic carbocycles. The molecule has 1 saturated heterocycles. The van der Waals surface area contributed by atoms with Gasteiger partial charge in [0.15, 0.2) is 0 Å². The fourth-order valence-electron chi connectivity index (χ4n) is 0.770. The SMILES string of the molecule is [2H]c1ccc(OCC2CO2)c([2H])c1. The van der Waals surface area contributed by atoms with E-state index in [0.717, 1.165) is 6.61 Å². The van der Waals surface area contributed by atoms with Gasteiger partial charge in [-0.05, 0) is 12.1 Å². The van der Waals surface area contributed by atoms with Crippen molar-refractivity contribution in [2.45, 2.75) is 6.10 Å². The molecule has 0 bridgehead atoms. The second-order valence-corrected chi connectivity index (χ2v) is 2.42. The normalized spacial score (nSPS) is 23.8. The minimum Gasteiger partial charge on any atom is -0.491 e. The molecule has 0 radical (unpaired) electrons. The first-order valence-corrected chi connectivity index (χ1v) is 3.57. The molecule has 1 aliphatic heterocycles. The van der Waals surface area contributed by atoms with E-state index in [4.69, 9.17) is 12.2 Å². The Kier molecular flexibility index (Phi) is 1.27. The molecule has 1 atom stereocenters. The molecule has 2 nitrogen and oxygen atoms in total. The molecular weight excluding hydrogens is 140 g/mol. The number of hydrogen-bond acceptors (Lipinski definition) is 2. The van der Waals surface area contributed by atoms with Gasteiger partial charge < -0.3 is 9.47 Å². The number of para-hydroxylation sites is 1. The Morgan fingerprint density at radius 1 is 1.73 bits per heavy atom. The standard InChI is InChI=1S/C9H10O2/c1-2-4-8(5-3-1)10-6-9-7-11-9/h1-5,9H,6-7H2/i1D,4D. The zero-order valence-electron chi connectivity index (χ0n) is 8.04. The Hall–Kier alpha value is -1.02. The smallest absolute Gasteiger partial charge is 0.119 e. The third kappa shape index (κ3) is 1.95. The lowest BCUT2D eigenvalue weighted by Crippen LogP contribution is -2.03. The molecule has 0 aromatic heterocycles. The minimum atomic E-state index is 0.204. The highest BCUT2D eigenvalue weighted by molar-refractivity contribution is 5.20. The molecule has 1 aromatic rings. The summed E-state index contributed by atoms with van der Waals surface area (Å²) in [5.41, 5.74) is 0. The van der Waals surface area contributed by atoms with Crippen LogP contribution in [0.3, 0.4) is 0 Å². The molecule has 0 spiro atoms. The molecule has 1 aliphatic rings. The maximum absolute atomic E-state index is 7.49. The summed E-state index contributed by atoms with van der Waals surface area (Å²) in [6.07, 6.45) is 0.204. The Balaban J connectivity index is 2.01. The lowest BCUT2D eigenvalue weighted by atomic mass is 10.3. The van der Waals surface area contributed by atoms with Crippen LogP contribution in [0.4, 0.5) is 0 Å². The zero-order valence-corrected chi connectivity index (χ0v) is 6.04. The van der Waals surface area contributed by atoms with E-state index < -0.39 is 0 Å². The van der Waals surface area contributed by atoms with Crippen molar-refractivity contribution in [3.63, 3.8) is 0 Å². The van der Waals surface area contributed by atoms with Gasteiger partial charge in [0, 0.05) is 0 Å². The fraction of sp³-hybridized carbons (Fsp3) is 0.333. The molecule has 58 valence electrons. The zero-order chi connectivity index (χ0) is 9.26. The molecule has 2 rings (SSSR count). The van der Waals surface area contributed by atoms with Crippen molar-refractivity contribution < 1.29 is 12.2 Å². The van der Waals surface area contributed by atoms with Gasteiger partial charge in [-0.3, -0.25) is 0 Å². The lowest BCUT2D eigenvalue weighted by Gasteiger charge is -2.01. The van der Waals surface area contributed by atoms with Crippen molar-refractivity contribution in [1.29, 1.82) is 0 Å². The molecule has 1 fully saturated rings. The van der Waals surface area contributed by atoms with Crippen LogP contribution in [0.5, 0.6) is 5.75 Å².